The summed E-state index contributed by atoms with van der Waals surface area (Å²) < 4.78 is 0. The van der Waals surface area contributed by atoms with Crippen molar-refractivity contribution in [2.45, 2.75) is 18.7 Å². The second-order valence-corrected chi connectivity index (χ2v) is 4.09. The summed E-state index contributed by atoms with van der Waals surface area (Å²) in [6.07, 6.45) is 0. The van der Waals surface area contributed by atoms with E-state index in [0.29, 0.717) is 5.56 Å². The number of halogens is 1. The van der Waals surface area contributed by atoms with Crippen molar-refractivity contribution in [1.29, 1.82) is 0 Å². The van der Waals surface area contributed by atoms with Crippen molar-refractivity contribution in [3.05, 3.63) is 23.8 Å². The van der Waals surface area contributed by atoms with Crippen molar-refractivity contribution in [2.24, 2.45) is 0 Å². The molecular weight excluding hydrogens is 176 g/mol. The third-order valence-electron chi connectivity index (χ3n) is 1.66. The van der Waals surface area contributed by atoms with E-state index in [4.69, 9.17) is 16.7 Å². The topological polar surface area (TPSA) is 40.5 Å². The SMILES string of the molecule is CC(C)(Cl)c1cccc(O)c1O. The molecule has 0 atom stereocenters. The van der Waals surface area contributed by atoms with Gasteiger partial charge in [0, 0.05) is 5.56 Å². The number of benzene rings is 1. The van der Waals surface area contributed by atoms with E-state index in [2.05, 4.69) is 0 Å². The molecule has 0 aromatic heterocycles. The minimum atomic E-state index is -0.664. The molecule has 1 aromatic carbocycles. The number of phenols is 2. The minimum Gasteiger partial charge on any atom is -0.504 e. The molecule has 2 nitrogen and oxygen atoms in total. The molecule has 0 amide bonds. The van der Waals surface area contributed by atoms with Crippen molar-refractivity contribution in [1.82, 2.24) is 0 Å². The third-order valence-corrected chi connectivity index (χ3v) is 1.86. The molecule has 0 heterocycles. The first-order valence-corrected chi connectivity index (χ1v) is 4.01. The van der Waals surface area contributed by atoms with E-state index in [1.165, 1.54) is 6.07 Å². The van der Waals surface area contributed by atoms with Crippen LogP contribution >= 0.6 is 11.6 Å². The number of rotatable bonds is 1. The highest BCUT2D eigenvalue weighted by Gasteiger charge is 2.21. The standard InChI is InChI=1S/C9H11ClO2/c1-9(2,10)6-4-3-5-7(11)8(6)12/h3-5,11-12H,1-2H3. The fraction of sp³-hybridized carbons (Fsp3) is 0.333. The maximum atomic E-state index is 9.40. The molecule has 66 valence electrons. The van der Waals surface area contributed by atoms with Gasteiger partial charge in [-0.05, 0) is 19.9 Å². The minimum absolute atomic E-state index is 0.138. The maximum absolute atomic E-state index is 9.40. The van der Waals surface area contributed by atoms with Gasteiger partial charge in [-0.3, -0.25) is 0 Å². The Labute approximate surface area is 76.4 Å². The molecular formula is C9H11ClO2. The molecule has 0 aliphatic heterocycles. The van der Waals surface area contributed by atoms with Crippen molar-refractivity contribution < 1.29 is 10.2 Å². The van der Waals surface area contributed by atoms with Crippen LogP contribution in [0, 0.1) is 0 Å². The molecule has 0 saturated carbocycles. The number of phenolic OH excluding ortho intramolecular Hbond substituents is 2. The third kappa shape index (κ3) is 1.64. The van der Waals surface area contributed by atoms with Gasteiger partial charge in [0.15, 0.2) is 11.5 Å². The normalized spacial score (nSPS) is 11.6. The zero-order valence-corrected chi connectivity index (χ0v) is 7.76. The van der Waals surface area contributed by atoms with Crippen LogP contribution in [-0.2, 0) is 4.87 Å². The number of hydrogen-bond donors (Lipinski definition) is 2. The highest BCUT2D eigenvalue weighted by molar-refractivity contribution is 6.23. The molecule has 0 saturated heterocycles. The number of para-hydroxylation sites is 1. The summed E-state index contributed by atoms with van der Waals surface area (Å²) in [5.74, 6) is -0.279. The first-order valence-electron chi connectivity index (χ1n) is 3.63. The fourth-order valence-corrected chi connectivity index (χ4v) is 1.16. The van der Waals surface area contributed by atoms with E-state index >= 15 is 0 Å². The second-order valence-electron chi connectivity index (χ2n) is 3.15. The van der Waals surface area contributed by atoms with Gasteiger partial charge >= 0.3 is 0 Å². The zero-order chi connectivity index (χ0) is 9.35. The molecule has 0 fully saturated rings. The van der Waals surface area contributed by atoms with E-state index in [1.54, 1.807) is 26.0 Å². The highest BCUT2D eigenvalue weighted by Crippen LogP contribution is 2.38. The molecule has 12 heavy (non-hydrogen) atoms. The summed E-state index contributed by atoms with van der Waals surface area (Å²) in [7, 11) is 0. The lowest BCUT2D eigenvalue weighted by Crippen LogP contribution is -2.07. The molecule has 2 N–H and O–H groups in total. The summed E-state index contributed by atoms with van der Waals surface area (Å²) in [4.78, 5) is -0.664. The fourth-order valence-electron chi connectivity index (χ4n) is 1.01. The lowest BCUT2D eigenvalue weighted by Gasteiger charge is -2.17. The molecule has 0 bridgehead atoms. The zero-order valence-electron chi connectivity index (χ0n) is 7.00. The van der Waals surface area contributed by atoms with E-state index < -0.39 is 4.87 Å². The van der Waals surface area contributed by atoms with Crippen LogP contribution in [0.1, 0.15) is 19.4 Å². The molecule has 0 aliphatic rings. The summed E-state index contributed by atoms with van der Waals surface area (Å²) in [6, 6.07) is 4.75. The van der Waals surface area contributed by atoms with Crippen LogP contribution in [0.25, 0.3) is 0 Å². The van der Waals surface area contributed by atoms with Gasteiger partial charge in [-0.25, -0.2) is 0 Å². The maximum Gasteiger partial charge on any atom is 0.162 e. The number of alkyl halides is 1. The molecule has 0 spiro atoms. The number of aromatic hydroxyl groups is 2. The van der Waals surface area contributed by atoms with E-state index in [9.17, 15) is 5.11 Å². The molecule has 1 aromatic rings. The predicted octanol–water partition coefficient (Wildman–Crippen LogP) is 2.57. The smallest absolute Gasteiger partial charge is 0.162 e. The Morgan fingerprint density at radius 2 is 1.83 bits per heavy atom. The van der Waals surface area contributed by atoms with Gasteiger partial charge in [0.05, 0.1) is 4.87 Å². The van der Waals surface area contributed by atoms with Gasteiger partial charge in [-0.1, -0.05) is 12.1 Å². The van der Waals surface area contributed by atoms with Gasteiger partial charge in [-0.15, -0.1) is 11.6 Å². The van der Waals surface area contributed by atoms with Crippen LogP contribution in [0.3, 0.4) is 0 Å². The molecule has 0 radical (unpaired) electrons. The van der Waals surface area contributed by atoms with E-state index in [0.717, 1.165) is 0 Å². The van der Waals surface area contributed by atoms with Crippen molar-refractivity contribution in [2.75, 3.05) is 0 Å². The Hall–Kier alpha value is -0.890. The quantitative estimate of drug-likeness (QED) is 0.523. The van der Waals surface area contributed by atoms with E-state index in [-0.39, 0.29) is 11.5 Å². The molecule has 0 aliphatic carbocycles. The molecule has 3 heteroatoms. The van der Waals surface area contributed by atoms with Crippen LogP contribution in [0.4, 0.5) is 0 Å². The van der Waals surface area contributed by atoms with Crippen LogP contribution < -0.4 is 0 Å². The van der Waals surface area contributed by atoms with Gasteiger partial charge in [0.2, 0.25) is 0 Å². The highest BCUT2D eigenvalue weighted by atomic mass is 35.5. The van der Waals surface area contributed by atoms with Crippen LogP contribution in [0.5, 0.6) is 11.5 Å². The average molecular weight is 187 g/mol. The Bertz CT molecular complexity index is 289. The summed E-state index contributed by atoms with van der Waals surface area (Å²) in [6.45, 7) is 3.51. The van der Waals surface area contributed by atoms with Crippen LogP contribution in [-0.4, -0.2) is 10.2 Å². The van der Waals surface area contributed by atoms with Crippen LogP contribution in [0.2, 0.25) is 0 Å². The van der Waals surface area contributed by atoms with Crippen LogP contribution in [0.15, 0.2) is 18.2 Å². The van der Waals surface area contributed by atoms with Gasteiger partial charge in [-0.2, -0.15) is 0 Å². The number of hydrogen-bond acceptors (Lipinski definition) is 2. The predicted molar refractivity (Wildman–Crippen MR) is 48.7 cm³/mol. The summed E-state index contributed by atoms with van der Waals surface area (Å²) >= 11 is 5.96. The lowest BCUT2D eigenvalue weighted by molar-refractivity contribution is 0.395. The molecule has 0 unspecified atom stereocenters. The van der Waals surface area contributed by atoms with Gasteiger partial charge < -0.3 is 10.2 Å². The largest absolute Gasteiger partial charge is 0.504 e. The Balaban J connectivity index is 3.26. The van der Waals surface area contributed by atoms with Gasteiger partial charge in [0.1, 0.15) is 0 Å². The van der Waals surface area contributed by atoms with Crippen molar-refractivity contribution >= 4 is 11.6 Å². The summed E-state index contributed by atoms with van der Waals surface area (Å²) in [5.41, 5.74) is 0.532. The first-order chi connectivity index (χ1) is 5.43. The Morgan fingerprint density at radius 1 is 1.25 bits per heavy atom. The van der Waals surface area contributed by atoms with Crippen molar-refractivity contribution in [3.8, 4) is 11.5 Å². The Morgan fingerprint density at radius 3 is 2.25 bits per heavy atom. The lowest BCUT2D eigenvalue weighted by atomic mass is 10.0. The summed E-state index contributed by atoms with van der Waals surface area (Å²) in [5, 5.41) is 18.6. The first kappa shape index (κ1) is 9.20. The molecule has 1 rings (SSSR count). The van der Waals surface area contributed by atoms with Gasteiger partial charge in [0.25, 0.3) is 0 Å². The van der Waals surface area contributed by atoms with Crippen molar-refractivity contribution in [3.63, 3.8) is 0 Å². The monoisotopic (exact) mass is 186 g/mol. The Kier molecular flexibility index (Phi) is 2.20. The second kappa shape index (κ2) is 2.87. The average Bonchev–Trinajstić information content (AvgIpc) is 1.92. The van der Waals surface area contributed by atoms with E-state index in [1.807, 2.05) is 0 Å².